The van der Waals surface area contributed by atoms with Crippen molar-refractivity contribution in [2.75, 3.05) is 5.32 Å². The molecule has 0 saturated carbocycles. The van der Waals surface area contributed by atoms with Crippen molar-refractivity contribution in [3.8, 4) is 0 Å². The lowest BCUT2D eigenvalue weighted by Crippen LogP contribution is -1.95. The zero-order chi connectivity index (χ0) is 12.4. The van der Waals surface area contributed by atoms with Gasteiger partial charge in [0.2, 0.25) is 0 Å². The van der Waals surface area contributed by atoms with Crippen LogP contribution < -0.4 is 5.32 Å². The van der Waals surface area contributed by atoms with Crippen molar-refractivity contribution in [1.82, 2.24) is 4.98 Å². The maximum absolute atomic E-state index is 13.2. The Morgan fingerprint density at radius 3 is 2.59 bits per heavy atom. The molecule has 0 saturated heterocycles. The van der Waals surface area contributed by atoms with Gasteiger partial charge in [0.25, 0.3) is 0 Å². The van der Waals surface area contributed by atoms with Gasteiger partial charge in [0.1, 0.15) is 11.6 Å². The molecule has 1 heterocycles. The van der Waals surface area contributed by atoms with E-state index in [1.165, 1.54) is 12.1 Å². The molecule has 0 aliphatic carbocycles. The molecular weight excluding hydrogens is 351 g/mol. The first-order chi connectivity index (χ1) is 8.04. The van der Waals surface area contributed by atoms with Crippen LogP contribution in [0.4, 0.5) is 15.9 Å². The summed E-state index contributed by atoms with van der Waals surface area (Å²) < 4.78 is 14.9. The maximum atomic E-state index is 13.2. The summed E-state index contributed by atoms with van der Waals surface area (Å²) in [7, 11) is 0. The third kappa shape index (κ3) is 3.26. The molecule has 1 aromatic carbocycles. The summed E-state index contributed by atoms with van der Waals surface area (Å²) >= 11 is 6.72. The average molecular weight is 360 g/mol. The molecule has 0 spiro atoms. The highest BCUT2D eigenvalue weighted by Gasteiger charge is 2.04. The second kappa shape index (κ2) is 5.14. The van der Waals surface area contributed by atoms with Crippen molar-refractivity contribution in [3.63, 3.8) is 0 Å². The SMILES string of the molecule is Cc1cc(F)cc(Nc2ncc(Br)cc2Br)c1. The highest BCUT2D eigenvalue weighted by atomic mass is 79.9. The highest BCUT2D eigenvalue weighted by molar-refractivity contribution is 9.11. The van der Waals surface area contributed by atoms with Crippen LogP contribution in [0.3, 0.4) is 0 Å². The lowest BCUT2D eigenvalue weighted by Gasteiger charge is -2.08. The van der Waals surface area contributed by atoms with E-state index in [1.807, 2.05) is 19.1 Å². The fraction of sp³-hybridized carbons (Fsp3) is 0.0833. The molecule has 2 aromatic rings. The molecule has 0 fully saturated rings. The third-order valence-electron chi connectivity index (χ3n) is 2.11. The van der Waals surface area contributed by atoms with Crippen LogP contribution in [-0.2, 0) is 0 Å². The summed E-state index contributed by atoms with van der Waals surface area (Å²) in [4.78, 5) is 4.21. The number of anilines is 2. The Bertz CT molecular complexity index is 538. The predicted octanol–water partition coefficient (Wildman–Crippen LogP) is 4.80. The summed E-state index contributed by atoms with van der Waals surface area (Å²) in [6.07, 6.45) is 1.68. The van der Waals surface area contributed by atoms with Gasteiger partial charge in [0.05, 0.1) is 4.47 Å². The predicted molar refractivity (Wildman–Crippen MR) is 74.1 cm³/mol. The Balaban J connectivity index is 2.31. The second-order valence-electron chi connectivity index (χ2n) is 3.63. The van der Waals surface area contributed by atoms with Gasteiger partial charge in [-0.25, -0.2) is 9.37 Å². The van der Waals surface area contributed by atoms with Gasteiger partial charge < -0.3 is 5.32 Å². The topological polar surface area (TPSA) is 24.9 Å². The first-order valence-corrected chi connectivity index (χ1v) is 6.48. The van der Waals surface area contributed by atoms with Gasteiger partial charge in [-0.3, -0.25) is 0 Å². The molecule has 88 valence electrons. The molecule has 0 unspecified atom stereocenters. The molecule has 1 N–H and O–H groups in total. The molecule has 0 bridgehead atoms. The molecule has 0 radical (unpaired) electrons. The number of aryl methyl sites for hydroxylation is 1. The van der Waals surface area contributed by atoms with E-state index in [2.05, 4.69) is 42.2 Å². The number of benzene rings is 1. The van der Waals surface area contributed by atoms with Crippen LogP contribution in [0.25, 0.3) is 0 Å². The van der Waals surface area contributed by atoms with E-state index >= 15 is 0 Å². The molecule has 5 heteroatoms. The Morgan fingerprint density at radius 2 is 1.94 bits per heavy atom. The fourth-order valence-corrected chi connectivity index (χ4v) is 2.54. The number of aromatic nitrogens is 1. The van der Waals surface area contributed by atoms with Gasteiger partial charge in [-0.1, -0.05) is 0 Å². The van der Waals surface area contributed by atoms with Gasteiger partial charge in [-0.15, -0.1) is 0 Å². The number of hydrogen-bond acceptors (Lipinski definition) is 2. The van der Waals surface area contributed by atoms with Crippen molar-refractivity contribution in [2.24, 2.45) is 0 Å². The smallest absolute Gasteiger partial charge is 0.144 e. The minimum atomic E-state index is -0.263. The van der Waals surface area contributed by atoms with Crippen LogP contribution in [-0.4, -0.2) is 4.98 Å². The maximum Gasteiger partial charge on any atom is 0.144 e. The zero-order valence-corrected chi connectivity index (χ0v) is 12.1. The van der Waals surface area contributed by atoms with Crippen LogP contribution >= 0.6 is 31.9 Å². The van der Waals surface area contributed by atoms with Crippen molar-refractivity contribution in [1.29, 1.82) is 0 Å². The largest absolute Gasteiger partial charge is 0.339 e. The quantitative estimate of drug-likeness (QED) is 0.833. The van der Waals surface area contributed by atoms with E-state index < -0.39 is 0 Å². The summed E-state index contributed by atoms with van der Waals surface area (Å²) in [5, 5.41) is 3.06. The highest BCUT2D eigenvalue weighted by Crippen LogP contribution is 2.26. The van der Waals surface area contributed by atoms with E-state index in [0.717, 1.165) is 14.5 Å². The lowest BCUT2D eigenvalue weighted by molar-refractivity contribution is 0.627. The molecule has 0 aliphatic heterocycles. The normalized spacial score (nSPS) is 10.4. The zero-order valence-electron chi connectivity index (χ0n) is 8.97. The molecule has 0 aliphatic rings. The van der Waals surface area contributed by atoms with E-state index in [4.69, 9.17) is 0 Å². The van der Waals surface area contributed by atoms with Crippen molar-refractivity contribution < 1.29 is 4.39 Å². The van der Waals surface area contributed by atoms with Gasteiger partial charge in [0, 0.05) is 16.4 Å². The molecule has 2 nitrogen and oxygen atoms in total. The van der Waals surface area contributed by atoms with Crippen LogP contribution in [0.5, 0.6) is 0 Å². The van der Waals surface area contributed by atoms with Crippen molar-refractivity contribution in [2.45, 2.75) is 6.92 Å². The average Bonchev–Trinajstić information content (AvgIpc) is 2.21. The summed E-state index contributed by atoms with van der Waals surface area (Å²) in [5.74, 6) is 0.388. The van der Waals surface area contributed by atoms with Crippen LogP contribution in [0.1, 0.15) is 5.56 Å². The number of rotatable bonds is 2. The Morgan fingerprint density at radius 1 is 1.18 bits per heavy atom. The van der Waals surface area contributed by atoms with Crippen molar-refractivity contribution >= 4 is 43.4 Å². The van der Waals surface area contributed by atoms with Crippen LogP contribution in [0.15, 0.2) is 39.4 Å². The third-order valence-corrected chi connectivity index (χ3v) is 3.15. The van der Waals surface area contributed by atoms with Crippen molar-refractivity contribution in [3.05, 3.63) is 50.8 Å². The summed E-state index contributed by atoms with van der Waals surface area (Å²) in [6, 6.07) is 6.65. The van der Waals surface area contributed by atoms with Crippen LogP contribution in [0, 0.1) is 12.7 Å². The Kier molecular flexibility index (Phi) is 3.79. The summed E-state index contributed by atoms with van der Waals surface area (Å²) in [5.41, 5.74) is 1.54. The molecule has 0 atom stereocenters. The molecule has 0 amide bonds. The molecule has 1 aromatic heterocycles. The number of pyridine rings is 1. The van der Waals surface area contributed by atoms with Gasteiger partial charge >= 0.3 is 0 Å². The molecule has 2 rings (SSSR count). The number of hydrogen-bond donors (Lipinski definition) is 1. The van der Waals surface area contributed by atoms with Gasteiger partial charge in [0.15, 0.2) is 0 Å². The fourth-order valence-electron chi connectivity index (χ4n) is 1.45. The number of nitrogens with one attached hydrogen (secondary N) is 1. The van der Waals surface area contributed by atoms with E-state index in [9.17, 15) is 4.39 Å². The lowest BCUT2D eigenvalue weighted by atomic mass is 10.2. The Labute approximate surface area is 116 Å². The van der Waals surface area contributed by atoms with Gasteiger partial charge in [-0.2, -0.15) is 0 Å². The van der Waals surface area contributed by atoms with Gasteiger partial charge in [-0.05, 0) is 68.6 Å². The van der Waals surface area contributed by atoms with Crippen LogP contribution in [0.2, 0.25) is 0 Å². The number of halogens is 3. The van der Waals surface area contributed by atoms with E-state index in [0.29, 0.717) is 11.5 Å². The first-order valence-electron chi connectivity index (χ1n) is 4.90. The van der Waals surface area contributed by atoms with E-state index in [-0.39, 0.29) is 5.82 Å². The second-order valence-corrected chi connectivity index (χ2v) is 5.40. The Hall–Kier alpha value is -0.940. The number of nitrogens with zero attached hydrogens (tertiary/aromatic N) is 1. The summed E-state index contributed by atoms with van der Waals surface area (Å²) in [6.45, 7) is 1.85. The standard InChI is InChI=1S/C12H9Br2FN2/c1-7-2-9(15)5-10(3-7)17-12-11(14)4-8(13)6-16-12/h2-6H,1H3,(H,16,17). The molecule has 17 heavy (non-hydrogen) atoms. The molecular formula is C12H9Br2FN2. The monoisotopic (exact) mass is 358 g/mol. The minimum absolute atomic E-state index is 0.263. The van der Waals surface area contributed by atoms with E-state index in [1.54, 1.807) is 6.20 Å². The first kappa shape index (κ1) is 12.5. The minimum Gasteiger partial charge on any atom is -0.339 e.